The average molecular weight is 289 g/mol. The highest BCUT2D eigenvalue weighted by molar-refractivity contribution is 5.92. The monoisotopic (exact) mass is 289 g/mol. The van der Waals surface area contributed by atoms with Crippen molar-refractivity contribution in [3.8, 4) is 6.07 Å². The molecule has 21 heavy (non-hydrogen) atoms. The van der Waals surface area contributed by atoms with Gasteiger partial charge in [-0.25, -0.2) is 0 Å². The number of rotatable bonds is 9. The molecule has 1 aromatic rings. The van der Waals surface area contributed by atoms with E-state index in [1.165, 1.54) is 0 Å². The van der Waals surface area contributed by atoms with Crippen LogP contribution in [0, 0.1) is 11.3 Å². The molecule has 5 nitrogen and oxygen atoms in total. The van der Waals surface area contributed by atoms with Gasteiger partial charge < -0.3 is 15.0 Å². The lowest BCUT2D eigenvalue weighted by molar-refractivity contribution is -0.116. The summed E-state index contributed by atoms with van der Waals surface area (Å²) in [5.74, 6) is -0.0593. The smallest absolute Gasteiger partial charge is 0.224 e. The molecule has 0 fully saturated rings. The second-order valence-corrected chi connectivity index (χ2v) is 4.81. The SMILES string of the molecule is CCOCCN(C)CCCC(=O)Nc1ccccc1C#N. The number of anilines is 1. The molecule has 0 saturated carbocycles. The van der Waals surface area contributed by atoms with E-state index in [1.807, 2.05) is 14.0 Å². The van der Waals surface area contributed by atoms with E-state index >= 15 is 0 Å². The Labute approximate surface area is 126 Å². The minimum Gasteiger partial charge on any atom is -0.380 e. The highest BCUT2D eigenvalue weighted by Gasteiger charge is 2.06. The van der Waals surface area contributed by atoms with Crippen molar-refractivity contribution in [1.29, 1.82) is 5.26 Å². The van der Waals surface area contributed by atoms with Crippen molar-refractivity contribution in [1.82, 2.24) is 4.90 Å². The summed E-state index contributed by atoms with van der Waals surface area (Å²) < 4.78 is 5.28. The number of carbonyl (C=O) groups excluding carboxylic acids is 1. The number of likely N-dealkylation sites (N-methyl/N-ethyl adjacent to an activating group) is 1. The van der Waals surface area contributed by atoms with Gasteiger partial charge in [0.25, 0.3) is 0 Å². The molecule has 0 saturated heterocycles. The number of carbonyl (C=O) groups is 1. The topological polar surface area (TPSA) is 65.4 Å². The third kappa shape index (κ3) is 6.89. The fraction of sp³-hybridized carbons (Fsp3) is 0.500. The zero-order chi connectivity index (χ0) is 15.5. The molecule has 0 aromatic heterocycles. The summed E-state index contributed by atoms with van der Waals surface area (Å²) in [6, 6.07) is 9.08. The lowest BCUT2D eigenvalue weighted by atomic mass is 10.2. The van der Waals surface area contributed by atoms with Gasteiger partial charge in [0.15, 0.2) is 0 Å². The molecule has 1 aromatic carbocycles. The van der Waals surface area contributed by atoms with E-state index in [2.05, 4.69) is 16.3 Å². The van der Waals surface area contributed by atoms with Gasteiger partial charge in [0.05, 0.1) is 17.9 Å². The maximum absolute atomic E-state index is 11.9. The van der Waals surface area contributed by atoms with Crippen LogP contribution in [0.25, 0.3) is 0 Å². The zero-order valence-electron chi connectivity index (χ0n) is 12.8. The van der Waals surface area contributed by atoms with Gasteiger partial charge in [0.1, 0.15) is 6.07 Å². The van der Waals surface area contributed by atoms with Gasteiger partial charge in [0.2, 0.25) is 5.91 Å². The molecular weight excluding hydrogens is 266 g/mol. The molecule has 114 valence electrons. The van der Waals surface area contributed by atoms with Gasteiger partial charge >= 0.3 is 0 Å². The molecule has 1 amide bonds. The van der Waals surface area contributed by atoms with Gasteiger partial charge in [-0.2, -0.15) is 5.26 Å². The first-order chi connectivity index (χ1) is 10.2. The van der Waals surface area contributed by atoms with Crippen molar-refractivity contribution < 1.29 is 9.53 Å². The van der Waals surface area contributed by atoms with E-state index in [4.69, 9.17) is 10.00 Å². The van der Waals surface area contributed by atoms with Crippen LogP contribution >= 0.6 is 0 Å². The van der Waals surface area contributed by atoms with E-state index in [0.29, 0.717) is 17.7 Å². The number of hydrogen-bond donors (Lipinski definition) is 1. The average Bonchev–Trinajstić information content (AvgIpc) is 2.48. The van der Waals surface area contributed by atoms with Crippen LogP contribution in [0.15, 0.2) is 24.3 Å². The summed E-state index contributed by atoms with van der Waals surface area (Å²) in [6.45, 7) is 5.14. The van der Waals surface area contributed by atoms with Crippen LogP contribution in [0.5, 0.6) is 0 Å². The maximum Gasteiger partial charge on any atom is 0.224 e. The van der Waals surface area contributed by atoms with Crippen LogP contribution in [-0.4, -0.2) is 44.2 Å². The fourth-order valence-electron chi connectivity index (χ4n) is 1.89. The van der Waals surface area contributed by atoms with Crippen LogP contribution in [0.3, 0.4) is 0 Å². The number of nitrogens with one attached hydrogen (secondary N) is 1. The summed E-state index contributed by atoms with van der Waals surface area (Å²) in [5.41, 5.74) is 1.06. The van der Waals surface area contributed by atoms with Gasteiger partial charge in [0, 0.05) is 19.6 Å². The van der Waals surface area contributed by atoms with Crippen LogP contribution in [0.1, 0.15) is 25.3 Å². The van der Waals surface area contributed by atoms with Gasteiger partial charge in [-0.05, 0) is 39.1 Å². The highest BCUT2D eigenvalue weighted by Crippen LogP contribution is 2.13. The van der Waals surface area contributed by atoms with Gasteiger partial charge in [-0.1, -0.05) is 12.1 Å². The number of ether oxygens (including phenoxy) is 1. The molecule has 1 rings (SSSR count). The summed E-state index contributed by atoms with van der Waals surface area (Å²) in [7, 11) is 2.02. The normalized spacial score (nSPS) is 10.4. The second-order valence-electron chi connectivity index (χ2n) is 4.81. The third-order valence-electron chi connectivity index (χ3n) is 3.09. The molecule has 0 aliphatic rings. The quantitative estimate of drug-likeness (QED) is 0.708. The van der Waals surface area contributed by atoms with E-state index in [0.717, 1.165) is 32.7 Å². The minimum absolute atomic E-state index is 0.0593. The van der Waals surface area contributed by atoms with Crippen molar-refractivity contribution in [2.24, 2.45) is 0 Å². The number of nitriles is 1. The molecule has 0 aliphatic carbocycles. The molecule has 0 heterocycles. The number of para-hydroxylation sites is 1. The Morgan fingerprint density at radius 2 is 2.14 bits per heavy atom. The number of hydrogen-bond acceptors (Lipinski definition) is 4. The Balaban J connectivity index is 2.27. The zero-order valence-corrected chi connectivity index (χ0v) is 12.8. The number of amides is 1. The molecule has 0 radical (unpaired) electrons. The van der Waals surface area contributed by atoms with Crippen molar-refractivity contribution in [2.75, 3.05) is 38.7 Å². The summed E-state index contributed by atoms with van der Waals surface area (Å²) in [6.07, 6.45) is 1.22. The van der Waals surface area contributed by atoms with E-state index in [9.17, 15) is 4.79 Å². The lowest BCUT2D eigenvalue weighted by Crippen LogP contribution is -2.25. The van der Waals surface area contributed by atoms with Crippen molar-refractivity contribution in [2.45, 2.75) is 19.8 Å². The van der Waals surface area contributed by atoms with Crippen molar-refractivity contribution in [3.63, 3.8) is 0 Å². The first kappa shape index (κ1) is 17.2. The molecule has 0 unspecified atom stereocenters. The summed E-state index contributed by atoms with van der Waals surface area (Å²) >= 11 is 0. The van der Waals surface area contributed by atoms with Crippen LogP contribution in [0.2, 0.25) is 0 Å². The molecule has 0 atom stereocenters. The first-order valence-electron chi connectivity index (χ1n) is 7.22. The highest BCUT2D eigenvalue weighted by atomic mass is 16.5. The summed E-state index contributed by atoms with van der Waals surface area (Å²) in [5, 5.41) is 11.7. The molecule has 5 heteroatoms. The number of benzene rings is 1. The Kier molecular flexibility index (Phi) is 8.10. The standard InChI is InChI=1S/C16H23N3O2/c1-3-21-12-11-19(2)10-6-9-16(20)18-15-8-5-4-7-14(15)13-17/h4-5,7-8H,3,6,9-12H2,1-2H3,(H,18,20). The fourth-order valence-corrected chi connectivity index (χ4v) is 1.89. The molecule has 0 bridgehead atoms. The predicted molar refractivity (Wildman–Crippen MR) is 83.0 cm³/mol. The number of nitrogens with zero attached hydrogens (tertiary/aromatic N) is 2. The van der Waals surface area contributed by atoms with Crippen molar-refractivity contribution in [3.05, 3.63) is 29.8 Å². The Morgan fingerprint density at radius 1 is 1.38 bits per heavy atom. The predicted octanol–water partition coefficient (Wildman–Crippen LogP) is 2.25. The van der Waals surface area contributed by atoms with Crippen LogP contribution < -0.4 is 5.32 Å². The Hall–Kier alpha value is -1.90. The maximum atomic E-state index is 11.9. The Bertz CT molecular complexity index is 483. The molecular formula is C16H23N3O2. The van der Waals surface area contributed by atoms with E-state index in [-0.39, 0.29) is 5.91 Å². The molecule has 1 N–H and O–H groups in total. The van der Waals surface area contributed by atoms with Crippen LogP contribution in [0.4, 0.5) is 5.69 Å². The van der Waals surface area contributed by atoms with Crippen molar-refractivity contribution >= 4 is 11.6 Å². The summed E-state index contributed by atoms with van der Waals surface area (Å²) in [4.78, 5) is 14.0. The third-order valence-corrected chi connectivity index (χ3v) is 3.09. The van der Waals surface area contributed by atoms with Crippen LogP contribution in [-0.2, 0) is 9.53 Å². The minimum atomic E-state index is -0.0593. The van der Waals surface area contributed by atoms with E-state index < -0.39 is 0 Å². The Morgan fingerprint density at radius 3 is 2.86 bits per heavy atom. The van der Waals surface area contributed by atoms with Gasteiger partial charge in [-0.15, -0.1) is 0 Å². The van der Waals surface area contributed by atoms with E-state index in [1.54, 1.807) is 24.3 Å². The first-order valence-corrected chi connectivity index (χ1v) is 7.22. The molecule has 0 aliphatic heterocycles. The largest absolute Gasteiger partial charge is 0.380 e. The molecule has 0 spiro atoms. The van der Waals surface area contributed by atoms with Gasteiger partial charge in [-0.3, -0.25) is 4.79 Å². The second kappa shape index (κ2) is 9.92. The lowest BCUT2D eigenvalue weighted by Gasteiger charge is -2.16.